The molecule has 0 aromatic heterocycles. The van der Waals surface area contributed by atoms with E-state index in [0.29, 0.717) is 11.4 Å². The van der Waals surface area contributed by atoms with Crippen molar-refractivity contribution >= 4 is 17.6 Å². The van der Waals surface area contributed by atoms with E-state index in [0.717, 1.165) is 16.7 Å². The van der Waals surface area contributed by atoms with E-state index in [1.54, 1.807) is 0 Å². The average molecular weight is 284 g/mol. The number of methoxy groups -OCH3 is 1. The molecular formula is C15H22ClNO2. The van der Waals surface area contributed by atoms with Crippen LogP contribution < -0.4 is 5.73 Å². The molecule has 0 fully saturated rings. The molecule has 0 heterocycles. The van der Waals surface area contributed by atoms with Crippen LogP contribution >= 0.6 is 11.6 Å². The second kappa shape index (κ2) is 5.93. The van der Waals surface area contributed by atoms with Gasteiger partial charge in [0.25, 0.3) is 0 Å². The van der Waals surface area contributed by atoms with Crippen molar-refractivity contribution in [2.24, 2.45) is 11.1 Å². The summed E-state index contributed by atoms with van der Waals surface area (Å²) in [6, 6.07) is 3.62. The Bertz CT molecular complexity index is 483. The van der Waals surface area contributed by atoms with Crippen molar-refractivity contribution in [3.8, 4) is 0 Å². The van der Waals surface area contributed by atoms with Crippen LogP contribution in [0.5, 0.6) is 0 Å². The summed E-state index contributed by atoms with van der Waals surface area (Å²) in [5.41, 5.74) is 8.73. The first-order valence-corrected chi connectivity index (χ1v) is 6.67. The highest BCUT2D eigenvalue weighted by Crippen LogP contribution is 2.33. The lowest BCUT2D eigenvalue weighted by Crippen LogP contribution is -2.30. The number of ether oxygens (including phenoxy) is 1. The SMILES string of the molecule is COC(=O)C(C)(C)CC(N)c1cc(C)c(C)cc1Cl. The molecule has 0 radical (unpaired) electrons. The van der Waals surface area contributed by atoms with Gasteiger partial charge in [0.2, 0.25) is 0 Å². The van der Waals surface area contributed by atoms with Gasteiger partial charge in [-0.15, -0.1) is 0 Å². The Balaban J connectivity index is 2.99. The highest BCUT2D eigenvalue weighted by molar-refractivity contribution is 6.31. The highest BCUT2D eigenvalue weighted by atomic mass is 35.5. The van der Waals surface area contributed by atoms with E-state index in [2.05, 4.69) is 0 Å². The van der Waals surface area contributed by atoms with Gasteiger partial charge in [0.15, 0.2) is 0 Å². The Labute approximate surface area is 120 Å². The summed E-state index contributed by atoms with van der Waals surface area (Å²) in [6.45, 7) is 7.68. The number of hydrogen-bond donors (Lipinski definition) is 1. The third-order valence-electron chi connectivity index (χ3n) is 3.48. The Morgan fingerprint density at radius 2 is 1.89 bits per heavy atom. The van der Waals surface area contributed by atoms with Crippen molar-refractivity contribution in [3.05, 3.63) is 33.8 Å². The summed E-state index contributed by atoms with van der Waals surface area (Å²) in [5.74, 6) is -0.261. The van der Waals surface area contributed by atoms with E-state index in [4.69, 9.17) is 22.1 Å². The molecule has 1 aromatic rings. The Kier molecular flexibility index (Phi) is 4.99. The molecule has 3 nitrogen and oxygen atoms in total. The smallest absolute Gasteiger partial charge is 0.311 e. The van der Waals surface area contributed by atoms with Gasteiger partial charge >= 0.3 is 5.97 Å². The third-order valence-corrected chi connectivity index (χ3v) is 3.81. The van der Waals surface area contributed by atoms with Crippen molar-refractivity contribution in [3.63, 3.8) is 0 Å². The van der Waals surface area contributed by atoms with Gasteiger partial charge in [0.05, 0.1) is 12.5 Å². The van der Waals surface area contributed by atoms with Gasteiger partial charge in [-0.25, -0.2) is 0 Å². The Morgan fingerprint density at radius 1 is 1.37 bits per heavy atom. The number of hydrogen-bond acceptors (Lipinski definition) is 3. The molecule has 0 aliphatic heterocycles. The number of carbonyl (C=O) groups is 1. The van der Waals surface area contributed by atoms with Crippen LogP contribution in [0.15, 0.2) is 12.1 Å². The zero-order chi connectivity index (χ0) is 14.8. The lowest BCUT2D eigenvalue weighted by molar-refractivity contribution is -0.151. The van der Waals surface area contributed by atoms with Crippen LogP contribution in [0.2, 0.25) is 5.02 Å². The lowest BCUT2D eigenvalue weighted by Gasteiger charge is -2.26. The number of carbonyl (C=O) groups excluding carboxylic acids is 1. The summed E-state index contributed by atoms with van der Waals surface area (Å²) in [5, 5.41) is 0.649. The molecule has 0 saturated carbocycles. The molecular weight excluding hydrogens is 262 g/mol. The fourth-order valence-corrected chi connectivity index (χ4v) is 2.47. The minimum absolute atomic E-state index is 0.261. The first-order valence-electron chi connectivity index (χ1n) is 6.29. The molecule has 19 heavy (non-hydrogen) atoms. The fourth-order valence-electron chi connectivity index (χ4n) is 2.11. The van der Waals surface area contributed by atoms with Gasteiger partial charge in [-0.05, 0) is 56.9 Å². The number of aryl methyl sites for hydroxylation is 2. The van der Waals surface area contributed by atoms with E-state index in [1.807, 2.05) is 39.8 Å². The molecule has 1 atom stereocenters. The molecule has 0 amide bonds. The van der Waals surface area contributed by atoms with E-state index in [9.17, 15) is 4.79 Å². The minimum Gasteiger partial charge on any atom is -0.469 e. The summed E-state index contributed by atoms with van der Waals surface area (Å²) in [4.78, 5) is 11.7. The predicted molar refractivity (Wildman–Crippen MR) is 78.3 cm³/mol. The van der Waals surface area contributed by atoms with Gasteiger partial charge in [0, 0.05) is 11.1 Å². The molecule has 0 aliphatic carbocycles. The van der Waals surface area contributed by atoms with Gasteiger partial charge in [0.1, 0.15) is 0 Å². The van der Waals surface area contributed by atoms with Crippen LogP contribution in [-0.4, -0.2) is 13.1 Å². The summed E-state index contributed by atoms with van der Waals surface area (Å²) < 4.78 is 4.80. The second-order valence-electron chi connectivity index (χ2n) is 5.64. The molecule has 2 N–H and O–H groups in total. The van der Waals surface area contributed by atoms with E-state index in [1.165, 1.54) is 7.11 Å². The molecule has 1 unspecified atom stereocenters. The monoisotopic (exact) mass is 283 g/mol. The molecule has 0 bridgehead atoms. The Hall–Kier alpha value is -1.06. The molecule has 106 valence electrons. The van der Waals surface area contributed by atoms with Gasteiger partial charge in [-0.1, -0.05) is 17.7 Å². The van der Waals surface area contributed by atoms with Crippen LogP contribution in [0.25, 0.3) is 0 Å². The van der Waals surface area contributed by atoms with E-state index in [-0.39, 0.29) is 12.0 Å². The van der Waals surface area contributed by atoms with Crippen LogP contribution in [0.1, 0.15) is 43.0 Å². The summed E-state index contributed by atoms with van der Waals surface area (Å²) in [7, 11) is 1.39. The van der Waals surface area contributed by atoms with E-state index >= 15 is 0 Å². The molecule has 4 heteroatoms. The summed E-state index contributed by atoms with van der Waals surface area (Å²) >= 11 is 6.24. The molecule has 0 spiro atoms. The standard InChI is InChI=1S/C15H22ClNO2/c1-9-6-11(12(16)7-10(9)2)13(17)8-15(3,4)14(18)19-5/h6-7,13H,8,17H2,1-5H3. The first kappa shape index (κ1) is 16.0. The molecule has 1 aromatic carbocycles. The van der Waals surface area contributed by atoms with Gasteiger partial charge < -0.3 is 10.5 Å². The normalized spacial score (nSPS) is 13.2. The highest BCUT2D eigenvalue weighted by Gasteiger charge is 2.31. The van der Waals surface area contributed by atoms with Crippen LogP contribution in [0.3, 0.4) is 0 Å². The van der Waals surface area contributed by atoms with Gasteiger partial charge in [-0.2, -0.15) is 0 Å². The Morgan fingerprint density at radius 3 is 2.42 bits per heavy atom. The molecule has 0 saturated heterocycles. The third kappa shape index (κ3) is 3.71. The maximum Gasteiger partial charge on any atom is 0.311 e. The number of benzene rings is 1. The zero-order valence-electron chi connectivity index (χ0n) is 12.2. The van der Waals surface area contributed by atoms with Crippen molar-refractivity contribution < 1.29 is 9.53 Å². The van der Waals surface area contributed by atoms with Crippen LogP contribution in [0, 0.1) is 19.3 Å². The maximum atomic E-state index is 11.7. The predicted octanol–water partition coefficient (Wildman–Crippen LogP) is 3.55. The zero-order valence-corrected chi connectivity index (χ0v) is 13.0. The van der Waals surface area contributed by atoms with E-state index < -0.39 is 5.41 Å². The van der Waals surface area contributed by atoms with Crippen molar-refractivity contribution in [2.45, 2.75) is 40.2 Å². The maximum absolute atomic E-state index is 11.7. The largest absolute Gasteiger partial charge is 0.469 e. The molecule has 0 aliphatic rings. The van der Waals surface area contributed by atoms with Crippen molar-refractivity contribution in [1.29, 1.82) is 0 Å². The second-order valence-corrected chi connectivity index (χ2v) is 6.05. The quantitative estimate of drug-likeness (QED) is 0.860. The van der Waals surface area contributed by atoms with Gasteiger partial charge in [-0.3, -0.25) is 4.79 Å². The number of nitrogens with two attached hydrogens (primary N) is 1. The lowest BCUT2D eigenvalue weighted by atomic mass is 9.83. The average Bonchev–Trinajstić information content (AvgIpc) is 2.31. The minimum atomic E-state index is -0.629. The molecule has 1 rings (SSSR count). The number of rotatable bonds is 4. The van der Waals surface area contributed by atoms with Crippen molar-refractivity contribution in [1.82, 2.24) is 0 Å². The summed E-state index contributed by atoms with van der Waals surface area (Å²) in [6.07, 6.45) is 0.488. The van der Waals surface area contributed by atoms with Crippen molar-refractivity contribution in [2.75, 3.05) is 7.11 Å². The van der Waals surface area contributed by atoms with Crippen LogP contribution in [-0.2, 0) is 9.53 Å². The topological polar surface area (TPSA) is 52.3 Å². The number of esters is 1. The fraction of sp³-hybridized carbons (Fsp3) is 0.533. The first-order chi connectivity index (χ1) is 8.69. The number of halogens is 1. The van der Waals surface area contributed by atoms with Crippen LogP contribution in [0.4, 0.5) is 0 Å².